The van der Waals surface area contributed by atoms with Crippen LogP contribution in [-0.2, 0) is 4.79 Å². The minimum absolute atomic E-state index is 0.166. The molecule has 1 amide bonds. The summed E-state index contributed by atoms with van der Waals surface area (Å²) in [4.78, 5) is 11.8. The molecule has 0 aliphatic heterocycles. The van der Waals surface area contributed by atoms with Crippen molar-refractivity contribution in [2.24, 2.45) is 0 Å². The fourth-order valence-corrected chi connectivity index (χ4v) is 2.51. The Labute approximate surface area is 131 Å². The van der Waals surface area contributed by atoms with Gasteiger partial charge in [-0.05, 0) is 19.1 Å². The molecule has 0 saturated heterocycles. The molecule has 0 radical (unpaired) electrons. The molecule has 22 heavy (non-hydrogen) atoms. The molecule has 0 aliphatic rings. The van der Waals surface area contributed by atoms with Crippen LogP contribution in [0.4, 0.5) is 4.39 Å². The number of aromatic nitrogens is 3. The molecule has 2 aromatic rings. The number of carbonyl (C=O) groups is 1. The normalized spacial score (nSPS) is 11.9. The number of hydrogen-bond donors (Lipinski definition) is 2. The van der Waals surface area contributed by atoms with E-state index < -0.39 is 11.1 Å². The van der Waals surface area contributed by atoms with E-state index in [0.717, 1.165) is 11.8 Å². The number of benzene rings is 1. The number of amides is 1. The Kier molecular flexibility index (Phi) is 5.16. The highest BCUT2D eigenvalue weighted by Gasteiger charge is 2.20. The van der Waals surface area contributed by atoms with Crippen LogP contribution < -0.4 is 11.2 Å². The van der Waals surface area contributed by atoms with E-state index in [2.05, 4.69) is 22.1 Å². The number of nitrogen functional groups attached to an aromatic ring is 1. The van der Waals surface area contributed by atoms with E-state index in [1.54, 1.807) is 31.2 Å². The van der Waals surface area contributed by atoms with Crippen LogP contribution in [0.3, 0.4) is 0 Å². The van der Waals surface area contributed by atoms with Crippen molar-refractivity contribution in [3.63, 3.8) is 0 Å². The Hall–Kier alpha value is -2.35. The maximum atomic E-state index is 13.8. The molecule has 0 bridgehead atoms. The Bertz CT molecular complexity index is 688. The maximum Gasteiger partial charge on any atom is 0.233 e. The number of hydrogen-bond acceptors (Lipinski definition) is 5. The quantitative estimate of drug-likeness (QED) is 0.479. The van der Waals surface area contributed by atoms with Crippen molar-refractivity contribution in [3.8, 4) is 11.4 Å². The van der Waals surface area contributed by atoms with Crippen molar-refractivity contribution in [2.75, 3.05) is 12.4 Å². The van der Waals surface area contributed by atoms with Crippen LogP contribution in [0.1, 0.15) is 6.92 Å². The molecular formula is C14H16FN5OS. The van der Waals surface area contributed by atoms with Gasteiger partial charge in [0.05, 0.1) is 10.8 Å². The molecule has 0 spiro atoms. The van der Waals surface area contributed by atoms with Crippen LogP contribution in [0, 0.1) is 5.82 Å². The van der Waals surface area contributed by atoms with E-state index in [4.69, 9.17) is 5.84 Å². The first-order valence-corrected chi connectivity index (χ1v) is 7.43. The Morgan fingerprint density at radius 1 is 1.55 bits per heavy atom. The van der Waals surface area contributed by atoms with E-state index >= 15 is 0 Å². The maximum absolute atomic E-state index is 13.8. The third-order valence-corrected chi connectivity index (χ3v) is 3.91. The summed E-state index contributed by atoms with van der Waals surface area (Å²) in [6.07, 6.45) is 1.59. The summed E-state index contributed by atoms with van der Waals surface area (Å²) in [6.45, 7) is 5.64. The second kappa shape index (κ2) is 7.08. The van der Waals surface area contributed by atoms with Crippen molar-refractivity contribution in [1.29, 1.82) is 0 Å². The van der Waals surface area contributed by atoms with E-state index in [1.807, 2.05) is 0 Å². The van der Waals surface area contributed by atoms with Gasteiger partial charge in [-0.25, -0.2) is 9.07 Å². The number of carbonyl (C=O) groups excluding carboxylic acids is 1. The minimum atomic E-state index is -0.435. The average molecular weight is 321 g/mol. The third kappa shape index (κ3) is 3.45. The first-order valence-electron chi connectivity index (χ1n) is 6.55. The molecule has 1 atom stereocenters. The monoisotopic (exact) mass is 321 g/mol. The van der Waals surface area contributed by atoms with Crippen LogP contribution in [0.2, 0.25) is 0 Å². The molecular weight excluding hydrogens is 305 g/mol. The highest BCUT2D eigenvalue weighted by Crippen LogP contribution is 2.25. The van der Waals surface area contributed by atoms with Crippen LogP contribution in [0.25, 0.3) is 11.4 Å². The highest BCUT2D eigenvalue weighted by molar-refractivity contribution is 8.00. The SMILES string of the molecule is C=CCNC(=O)[C@@H](C)Sc1nnc(-c2ccccc2F)n1N. The van der Waals surface area contributed by atoms with Gasteiger partial charge in [0.15, 0.2) is 5.82 Å². The molecule has 0 saturated carbocycles. The van der Waals surface area contributed by atoms with Crippen molar-refractivity contribution in [3.05, 3.63) is 42.7 Å². The van der Waals surface area contributed by atoms with Crippen molar-refractivity contribution in [2.45, 2.75) is 17.3 Å². The van der Waals surface area contributed by atoms with Gasteiger partial charge in [-0.2, -0.15) is 0 Å². The molecule has 1 aromatic carbocycles. The largest absolute Gasteiger partial charge is 0.352 e. The highest BCUT2D eigenvalue weighted by atomic mass is 32.2. The smallest absolute Gasteiger partial charge is 0.233 e. The number of halogens is 1. The lowest BCUT2D eigenvalue weighted by Crippen LogP contribution is -2.31. The van der Waals surface area contributed by atoms with Gasteiger partial charge in [0.2, 0.25) is 11.1 Å². The molecule has 2 rings (SSSR count). The van der Waals surface area contributed by atoms with Crippen LogP contribution in [0.5, 0.6) is 0 Å². The summed E-state index contributed by atoms with van der Waals surface area (Å²) in [5.41, 5.74) is 0.258. The molecule has 0 unspecified atom stereocenters. The number of nitrogens with one attached hydrogen (secondary N) is 1. The zero-order chi connectivity index (χ0) is 16.1. The summed E-state index contributed by atoms with van der Waals surface area (Å²) in [5.74, 6) is 5.52. The molecule has 3 N–H and O–H groups in total. The van der Waals surface area contributed by atoms with Gasteiger partial charge in [0, 0.05) is 6.54 Å². The first-order chi connectivity index (χ1) is 10.5. The van der Waals surface area contributed by atoms with E-state index in [-0.39, 0.29) is 17.3 Å². The van der Waals surface area contributed by atoms with Gasteiger partial charge in [0.25, 0.3) is 0 Å². The zero-order valence-electron chi connectivity index (χ0n) is 12.0. The van der Waals surface area contributed by atoms with E-state index in [0.29, 0.717) is 11.7 Å². The first kappa shape index (κ1) is 16.0. The Morgan fingerprint density at radius 2 is 2.27 bits per heavy atom. The molecule has 8 heteroatoms. The second-order valence-electron chi connectivity index (χ2n) is 4.45. The van der Waals surface area contributed by atoms with Gasteiger partial charge in [-0.3, -0.25) is 4.79 Å². The Morgan fingerprint density at radius 3 is 2.95 bits per heavy atom. The number of nitrogens with zero attached hydrogens (tertiary/aromatic N) is 3. The summed E-state index contributed by atoms with van der Waals surface area (Å²) >= 11 is 1.15. The van der Waals surface area contributed by atoms with Crippen molar-refractivity contribution < 1.29 is 9.18 Å². The van der Waals surface area contributed by atoms with E-state index in [9.17, 15) is 9.18 Å². The second-order valence-corrected chi connectivity index (χ2v) is 5.76. The minimum Gasteiger partial charge on any atom is -0.352 e. The molecule has 116 valence electrons. The molecule has 1 heterocycles. The number of nitrogens with two attached hydrogens (primary N) is 1. The van der Waals surface area contributed by atoms with Gasteiger partial charge < -0.3 is 11.2 Å². The molecule has 1 aromatic heterocycles. The van der Waals surface area contributed by atoms with Crippen molar-refractivity contribution in [1.82, 2.24) is 20.2 Å². The molecule has 0 fully saturated rings. The lowest BCUT2D eigenvalue weighted by atomic mass is 10.2. The lowest BCUT2D eigenvalue weighted by molar-refractivity contribution is -0.120. The summed E-state index contributed by atoms with van der Waals surface area (Å²) < 4.78 is 15.0. The van der Waals surface area contributed by atoms with Gasteiger partial charge in [-0.1, -0.05) is 30.0 Å². The Balaban J connectivity index is 2.16. The molecule has 6 nitrogen and oxygen atoms in total. The summed E-state index contributed by atoms with van der Waals surface area (Å²) in [6, 6.07) is 6.16. The van der Waals surface area contributed by atoms with Gasteiger partial charge >= 0.3 is 0 Å². The predicted octanol–water partition coefficient (Wildman–Crippen LogP) is 1.58. The predicted molar refractivity (Wildman–Crippen MR) is 84.1 cm³/mol. The fraction of sp³-hybridized carbons (Fsp3) is 0.214. The standard InChI is InChI=1S/C14H16FN5OS/c1-3-8-17-13(21)9(2)22-14-19-18-12(20(14)16)10-6-4-5-7-11(10)15/h3-7,9H,1,8,16H2,2H3,(H,17,21)/t9-/m1/s1. The summed E-state index contributed by atoms with van der Waals surface area (Å²) in [7, 11) is 0. The average Bonchev–Trinajstić information content (AvgIpc) is 2.86. The van der Waals surface area contributed by atoms with Gasteiger partial charge in [0.1, 0.15) is 5.82 Å². The van der Waals surface area contributed by atoms with Gasteiger partial charge in [-0.15, -0.1) is 16.8 Å². The van der Waals surface area contributed by atoms with Crippen LogP contribution in [0.15, 0.2) is 42.1 Å². The van der Waals surface area contributed by atoms with Crippen LogP contribution >= 0.6 is 11.8 Å². The molecule has 0 aliphatic carbocycles. The van der Waals surface area contributed by atoms with Crippen LogP contribution in [-0.4, -0.2) is 32.6 Å². The number of rotatable bonds is 6. The topological polar surface area (TPSA) is 85.8 Å². The zero-order valence-corrected chi connectivity index (χ0v) is 12.8. The third-order valence-electron chi connectivity index (χ3n) is 2.85. The van der Waals surface area contributed by atoms with E-state index in [1.165, 1.54) is 10.7 Å². The lowest BCUT2D eigenvalue weighted by Gasteiger charge is -2.10. The van der Waals surface area contributed by atoms with Crippen molar-refractivity contribution >= 4 is 17.7 Å². The summed E-state index contributed by atoms with van der Waals surface area (Å²) in [5, 5.41) is 10.4. The number of thioether (sulfide) groups is 1. The fourth-order valence-electron chi connectivity index (χ4n) is 1.71.